The van der Waals surface area contributed by atoms with Crippen LogP contribution in [-0.2, 0) is 16.2 Å². The number of para-hydroxylation sites is 4. The summed E-state index contributed by atoms with van der Waals surface area (Å²) in [5, 5.41) is 0. The van der Waals surface area contributed by atoms with Crippen molar-refractivity contribution in [2.75, 3.05) is 10.6 Å². The molecule has 0 bridgehead atoms. The first-order chi connectivity index (χ1) is 38.1. The highest BCUT2D eigenvalue weighted by Crippen LogP contribution is 2.71. The second kappa shape index (κ2) is 16.4. The molecule has 5 aliphatic rings. The largest absolute Gasteiger partial charge is 0.632 e. The number of hydrogen-bond acceptors (Lipinski definition) is 6. The van der Waals surface area contributed by atoms with E-state index in [1.807, 2.05) is 48.5 Å². The Bertz CT molecular complexity index is 3750. The topological polar surface area (TPSA) is 66.2 Å². The van der Waals surface area contributed by atoms with Crippen LogP contribution >= 0.6 is 0 Å². The van der Waals surface area contributed by atoms with Gasteiger partial charge in [0.25, 0.3) is 0 Å². The lowest BCUT2D eigenvalue weighted by atomic mass is 9.51. The maximum absolute atomic E-state index is 7.62. The Morgan fingerprint density at radius 3 is 0.714 bits per heavy atom. The molecule has 2 N–H and O–H groups in total. The smallest absolute Gasteiger partial charge is 0.519 e. The summed E-state index contributed by atoms with van der Waals surface area (Å²) in [5.74, 6) is 2.81. The normalized spacial score (nSPS) is 15.7. The molecule has 11 aromatic carbocycles. The predicted octanol–water partition coefficient (Wildman–Crippen LogP) is 13.2. The second-order valence-electron chi connectivity index (χ2n) is 20.7. The van der Waals surface area contributed by atoms with Crippen LogP contribution < -0.4 is 40.2 Å². The highest BCUT2D eigenvalue weighted by molar-refractivity contribution is 6.64. The van der Waals surface area contributed by atoms with Crippen LogP contribution in [0.25, 0.3) is 0 Å². The molecule has 0 unspecified atom stereocenters. The molecule has 11 aromatic rings. The van der Waals surface area contributed by atoms with Crippen LogP contribution in [0.5, 0.6) is 23.0 Å². The minimum absolute atomic E-state index is 0.654. The molecule has 77 heavy (non-hydrogen) atoms. The number of nitrogen functional groups attached to an aromatic ring is 1. The summed E-state index contributed by atoms with van der Waals surface area (Å²) in [7, 11) is -1.54. The van der Waals surface area contributed by atoms with Crippen LogP contribution in [-0.4, -0.2) is 14.2 Å². The molecule has 5 heterocycles. The third-order valence-corrected chi connectivity index (χ3v) is 16.9. The van der Waals surface area contributed by atoms with E-state index >= 15 is 0 Å². The van der Waals surface area contributed by atoms with E-state index in [-0.39, 0.29) is 0 Å². The van der Waals surface area contributed by atoms with Gasteiger partial charge in [-0.1, -0.05) is 231 Å². The van der Waals surface area contributed by atoms with E-state index in [4.69, 9.17) is 24.4 Å². The summed E-state index contributed by atoms with van der Waals surface area (Å²) >= 11 is 0. The number of rotatable bonds is 8. The fourth-order valence-corrected chi connectivity index (χ4v) is 14.0. The summed E-state index contributed by atoms with van der Waals surface area (Å²) in [6.07, 6.45) is 0. The van der Waals surface area contributed by atoms with Gasteiger partial charge in [-0.15, -0.1) is 0 Å². The molecule has 8 heteroatoms. The zero-order valence-corrected chi connectivity index (χ0v) is 41.7. The monoisotopic (exact) mass is 988 g/mol. The van der Waals surface area contributed by atoms with E-state index in [9.17, 15) is 0 Å². The Hall–Kier alpha value is -9.65. The lowest BCUT2D eigenvalue weighted by molar-refractivity contribution is 0.518. The Kier molecular flexibility index (Phi) is 9.33. The average Bonchev–Trinajstić information content (AvgIpc) is 3.27. The first-order valence-corrected chi connectivity index (χ1v) is 26.4. The Morgan fingerprint density at radius 2 is 0.481 bits per heavy atom. The van der Waals surface area contributed by atoms with E-state index in [2.05, 4.69) is 223 Å². The summed E-state index contributed by atoms with van der Waals surface area (Å²) in [4.78, 5) is 2.61. The maximum Gasteiger partial charge on any atom is 0.632 e. The molecule has 0 radical (unpaired) electrons. The van der Waals surface area contributed by atoms with Gasteiger partial charge in [0.1, 0.15) is 23.0 Å². The van der Waals surface area contributed by atoms with Crippen molar-refractivity contribution in [2.45, 2.75) is 16.2 Å². The van der Waals surface area contributed by atoms with Gasteiger partial charge in [0, 0.05) is 16.6 Å². The van der Waals surface area contributed by atoms with Gasteiger partial charge in [0.2, 0.25) is 0 Å². The van der Waals surface area contributed by atoms with E-state index in [1.165, 1.54) is 0 Å². The SMILES string of the molecule is Nc1cc2c3c(c1)C(c1ccccc1)(c1ccccc1)c1cc(B4Oc5ccccc5O4)cc4c1N3c1c(cc(B3Oc5ccccc5O3)cc1C4(c1ccccc1)c1ccccc1)C2(c1ccccc1)c1ccccc1. The van der Waals surface area contributed by atoms with Crippen LogP contribution in [0.15, 0.2) is 267 Å². The molecule has 362 valence electrons. The summed E-state index contributed by atoms with van der Waals surface area (Å²) < 4.78 is 27.7. The Morgan fingerprint density at radius 1 is 0.273 bits per heavy atom. The molecule has 0 atom stereocenters. The molecule has 0 amide bonds. The van der Waals surface area contributed by atoms with Crippen molar-refractivity contribution in [1.29, 1.82) is 0 Å². The fraction of sp³-hybridized carbons (Fsp3) is 0.0435. The summed E-state index contributed by atoms with van der Waals surface area (Å²) in [6, 6.07) is 96.1. The van der Waals surface area contributed by atoms with Gasteiger partial charge in [-0.3, -0.25) is 0 Å². The third kappa shape index (κ3) is 5.87. The van der Waals surface area contributed by atoms with Gasteiger partial charge in [0.15, 0.2) is 0 Å². The van der Waals surface area contributed by atoms with Crippen LogP contribution in [0.3, 0.4) is 0 Å². The maximum atomic E-state index is 7.62. The Balaban J connectivity index is 1.17. The molecule has 0 saturated heterocycles. The molecule has 0 aliphatic carbocycles. The molecular formula is C69H46B2N2O4. The van der Waals surface area contributed by atoms with Gasteiger partial charge in [0.05, 0.1) is 33.3 Å². The second-order valence-corrected chi connectivity index (χ2v) is 20.7. The highest BCUT2D eigenvalue weighted by atomic mass is 16.6. The van der Waals surface area contributed by atoms with Crippen LogP contribution in [0.2, 0.25) is 0 Å². The minimum Gasteiger partial charge on any atom is -0.519 e. The van der Waals surface area contributed by atoms with Crippen molar-refractivity contribution in [3.8, 4) is 23.0 Å². The Labute approximate surface area is 447 Å². The fourth-order valence-electron chi connectivity index (χ4n) is 14.0. The van der Waals surface area contributed by atoms with Gasteiger partial charge >= 0.3 is 14.2 Å². The van der Waals surface area contributed by atoms with Crippen LogP contribution in [0.4, 0.5) is 22.7 Å². The van der Waals surface area contributed by atoms with Crippen molar-refractivity contribution < 1.29 is 18.6 Å². The molecule has 0 aromatic heterocycles. The number of hydrogen-bond donors (Lipinski definition) is 1. The lowest BCUT2D eigenvalue weighted by Gasteiger charge is -2.58. The predicted molar refractivity (Wildman–Crippen MR) is 307 cm³/mol. The van der Waals surface area contributed by atoms with Crippen LogP contribution in [0.1, 0.15) is 66.8 Å². The van der Waals surface area contributed by atoms with E-state index < -0.39 is 30.5 Å². The van der Waals surface area contributed by atoms with Crippen molar-refractivity contribution in [2.24, 2.45) is 0 Å². The lowest BCUT2D eigenvalue weighted by Crippen LogP contribution is -2.52. The molecular weight excluding hydrogens is 942 g/mol. The van der Waals surface area contributed by atoms with Crippen molar-refractivity contribution in [1.82, 2.24) is 0 Å². The number of fused-ring (bicyclic) bond motifs is 2. The highest BCUT2D eigenvalue weighted by Gasteiger charge is 2.61. The van der Waals surface area contributed by atoms with Gasteiger partial charge in [-0.05, 0) is 103 Å². The first kappa shape index (κ1) is 43.7. The van der Waals surface area contributed by atoms with Crippen molar-refractivity contribution in [3.63, 3.8) is 0 Å². The molecule has 16 rings (SSSR count). The molecule has 6 nitrogen and oxygen atoms in total. The third-order valence-electron chi connectivity index (χ3n) is 16.9. The number of anilines is 4. The van der Waals surface area contributed by atoms with Gasteiger partial charge in [-0.2, -0.15) is 0 Å². The number of benzene rings is 11. The molecule has 5 aliphatic heterocycles. The molecule has 0 fully saturated rings. The summed E-state index contributed by atoms with van der Waals surface area (Å²) in [5.41, 5.74) is 23.4. The van der Waals surface area contributed by atoms with E-state index in [0.29, 0.717) is 28.7 Å². The van der Waals surface area contributed by atoms with E-state index in [0.717, 1.165) is 94.7 Å². The van der Waals surface area contributed by atoms with E-state index in [1.54, 1.807) is 0 Å². The average molecular weight is 989 g/mol. The first-order valence-electron chi connectivity index (χ1n) is 26.4. The quantitative estimate of drug-likeness (QED) is 0.121. The standard InChI is InChI=1S/C69H46B2N2O4/c72-53-43-58-66-59(44-53)69(49-31-15-5-16-32-49,50-33-17-6-18-34-50)57-42-52(71-76-62-37-21-22-38-63(62)77-71)40-55-65(57)73(66)64-54(67(55,45-23-7-1-8-24-45)46-25-9-2-10-26-46)39-51(70-74-60-35-19-20-36-61(60)75-70)41-56(64)68(58,47-27-11-3-12-28-47)48-29-13-4-14-30-48/h1-44H,72H2. The molecule has 0 spiro atoms. The zero-order valence-electron chi connectivity index (χ0n) is 41.7. The number of nitrogens with zero attached hydrogens (tertiary/aromatic N) is 1. The van der Waals surface area contributed by atoms with Crippen molar-refractivity contribution >= 4 is 47.9 Å². The van der Waals surface area contributed by atoms with Crippen molar-refractivity contribution in [3.05, 3.63) is 334 Å². The number of nitrogens with two attached hydrogens (primary N) is 1. The van der Waals surface area contributed by atoms with Gasteiger partial charge in [-0.25, -0.2) is 0 Å². The van der Waals surface area contributed by atoms with Gasteiger partial charge < -0.3 is 29.3 Å². The minimum atomic E-state index is -1.00. The van der Waals surface area contributed by atoms with Crippen LogP contribution in [0, 0.1) is 0 Å². The summed E-state index contributed by atoms with van der Waals surface area (Å²) in [6.45, 7) is 0. The molecule has 0 saturated carbocycles. The zero-order chi connectivity index (χ0) is 50.9.